The van der Waals surface area contributed by atoms with E-state index in [4.69, 9.17) is 0 Å². The summed E-state index contributed by atoms with van der Waals surface area (Å²) in [5.74, 6) is -1.37. The number of halogens is 4. The molecule has 0 aliphatic rings. The molecule has 0 fully saturated rings. The summed E-state index contributed by atoms with van der Waals surface area (Å²) >= 11 is 0. The molecule has 134 valence electrons. The summed E-state index contributed by atoms with van der Waals surface area (Å²) in [6.45, 7) is -0.321. The monoisotopic (exact) mass is 361 g/mol. The number of benzene rings is 3. The molecular weight excluding hydrogens is 346 g/mol. The van der Waals surface area contributed by atoms with Crippen molar-refractivity contribution < 1.29 is 22.4 Å². The minimum Gasteiger partial charge on any atom is -0.352 e. The van der Waals surface area contributed by atoms with Crippen molar-refractivity contribution in [2.75, 3.05) is 0 Å². The molecule has 26 heavy (non-hydrogen) atoms. The molecule has 0 saturated carbocycles. The van der Waals surface area contributed by atoms with Crippen LogP contribution in [-0.4, -0.2) is 5.91 Å². The summed E-state index contributed by atoms with van der Waals surface area (Å²) in [4.78, 5) is 12.2. The first-order chi connectivity index (χ1) is 12.3. The predicted octanol–water partition coefficient (Wildman–Crippen LogP) is 4.86. The molecule has 0 radical (unpaired) electrons. The molecule has 0 spiro atoms. The van der Waals surface area contributed by atoms with Gasteiger partial charge in [-0.1, -0.05) is 48.5 Å². The van der Waals surface area contributed by atoms with Crippen LogP contribution in [0.2, 0.25) is 0 Å². The molecule has 6 heteroatoms. The normalized spacial score (nSPS) is 11.5. The summed E-state index contributed by atoms with van der Waals surface area (Å²) < 4.78 is 52.1. The number of amides is 1. The lowest BCUT2D eigenvalue weighted by molar-refractivity contribution is -0.138. The molecule has 0 unspecified atom stereocenters. The number of fused-ring (bicyclic) bond motifs is 1. The molecule has 0 heterocycles. The van der Waals surface area contributed by atoms with Crippen molar-refractivity contribution >= 4 is 16.7 Å². The van der Waals surface area contributed by atoms with E-state index in [1.54, 1.807) is 6.07 Å². The van der Waals surface area contributed by atoms with Gasteiger partial charge in [0, 0.05) is 6.54 Å². The predicted molar refractivity (Wildman–Crippen MR) is 90.9 cm³/mol. The van der Waals surface area contributed by atoms with E-state index < -0.39 is 23.5 Å². The van der Waals surface area contributed by atoms with Crippen LogP contribution in [-0.2, 0) is 23.9 Å². The van der Waals surface area contributed by atoms with Gasteiger partial charge in [-0.2, -0.15) is 13.2 Å². The number of hydrogen-bond donors (Lipinski definition) is 1. The van der Waals surface area contributed by atoms with E-state index in [1.165, 1.54) is 0 Å². The lowest BCUT2D eigenvalue weighted by Gasteiger charge is -2.14. The Hall–Kier alpha value is -2.89. The Kier molecular flexibility index (Phi) is 4.93. The van der Waals surface area contributed by atoms with Crippen LogP contribution < -0.4 is 5.32 Å². The standard InChI is InChI=1S/C20H15F4NO/c21-16-9-8-15(18(11-16)20(22,23)24)12-25-19(26)10-14-6-3-5-13-4-1-2-7-17(13)14/h1-9,11H,10,12H2,(H,25,26). The zero-order valence-electron chi connectivity index (χ0n) is 13.6. The van der Waals surface area contributed by atoms with Gasteiger partial charge in [0.2, 0.25) is 5.91 Å². The van der Waals surface area contributed by atoms with Crippen molar-refractivity contribution in [1.29, 1.82) is 0 Å². The van der Waals surface area contributed by atoms with Crippen molar-refractivity contribution in [3.05, 3.63) is 83.2 Å². The highest BCUT2D eigenvalue weighted by atomic mass is 19.4. The average Bonchev–Trinajstić information content (AvgIpc) is 2.60. The Bertz CT molecular complexity index is 945. The Balaban J connectivity index is 1.74. The third kappa shape index (κ3) is 4.02. The van der Waals surface area contributed by atoms with E-state index >= 15 is 0 Å². The molecule has 0 atom stereocenters. The van der Waals surface area contributed by atoms with Crippen molar-refractivity contribution in [2.24, 2.45) is 0 Å². The summed E-state index contributed by atoms with van der Waals surface area (Å²) in [5.41, 5.74) is -0.469. The first kappa shape index (κ1) is 17.9. The van der Waals surface area contributed by atoms with Crippen LogP contribution in [0.25, 0.3) is 10.8 Å². The van der Waals surface area contributed by atoms with Crippen LogP contribution in [0, 0.1) is 5.82 Å². The number of nitrogens with one attached hydrogen (secondary N) is 1. The van der Waals surface area contributed by atoms with Crippen LogP contribution in [0.1, 0.15) is 16.7 Å². The molecule has 3 rings (SSSR count). The minimum atomic E-state index is -4.68. The smallest absolute Gasteiger partial charge is 0.352 e. The zero-order valence-corrected chi connectivity index (χ0v) is 13.6. The molecule has 0 aliphatic carbocycles. The summed E-state index contributed by atoms with van der Waals surface area (Å²) in [6, 6.07) is 15.5. The number of alkyl halides is 3. The molecule has 0 aliphatic heterocycles. The van der Waals surface area contributed by atoms with E-state index in [-0.39, 0.29) is 18.5 Å². The van der Waals surface area contributed by atoms with Gasteiger partial charge in [-0.05, 0) is 34.0 Å². The summed E-state index contributed by atoms with van der Waals surface area (Å²) in [6.07, 6.45) is -4.64. The Labute approximate surface area is 147 Å². The van der Waals surface area contributed by atoms with Crippen LogP contribution in [0.5, 0.6) is 0 Å². The fraction of sp³-hybridized carbons (Fsp3) is 0.150. The van der Waals surface area contributed by atoms with Crippen LogP contribution in [0.15, 0.2) is 60.7 Å². The average molecular weight is 361 g/mol. The highest BCUT2D eigenvalue weighted by Gasteiger charge is 2.33. The fourth-order valence-corrected chi connectivity index (χ4v) is 2.84. The van der Waals surface area contributed by atoms with E-state index in [1.807, 2.05) is 36.4 Å². The first-order valence-electron chi connectivity index (χ1n) is 7.93. The Morgan fingerprint density at radius 2 is 1.65 bits per heavy atom. The van der Waals surface area contributed by atoms with E-state index in [0.29, 0.717) is 6.07 Å². The summed E-state index contributed by atoms with van der Waals surface area (Å²) in [5, 5.41) is 4.38. The maximum atomic E-state index is 13.1. The highest BCUT2D eigenvalue weighted by molar-refractivity contribution is 5.90. The molecule has 2 nitrogen and oxygen atoms in total. The molecule has 1 N–H and O–H groups in total. The van der Waals surface area contributed by atoms with Gasteiger partial charge in [-0.25, -0.2) is 4.39 Å². The van der Waals surface area contributed by atoms with Crippen molar-refractivity contribution in [3.8, 4) is 0 Å². The van der Waals surface area contributed by atoms with E-state index in [9.17, 15) is 22.4 Å². The molecule has 0 aromatic heterocycles. The van der Waals surface area contributed by atoms with E-state index in [2.05, 4.69) is 5.32 Å². The molecule has 1 amide bonds. The zero-order chi connectivity index (χ0) is 18.7. The molecule has 3 aromatic rings. The quantitative estimate of drug-likeness (QED) is 0.661. The lowest BCUT2D eigenvalue weighted by Crippen LogP contribution is -2.26. The van der Waals surface area contributed by atoms with Gasteiger partial charge in [-0.15, -0.1) is 0 Å². The third-order valence-corrected chi connectivity index (χ3v) is 4.08. The van der Waals surface area contributed by atoms with Crippen molar-refractivity contribution in [3.63, 3.8) is 0 Å². The van der Waals surface area contributed by atoms with Gasteiger partial charge in [-0.3, -0.25) is 4.79 Å². The maximum absolute atomic E-state index is 13.1. The van der Waals surface area contributed by atoms with Gasteiger partial charge in [0.15, 0.2) is 0 Å². The van der Waals surface area contributed by atoms with Crippen LogP contribution in [0.4, 0.5) is 17.6 Å². The second kappa shape index (κ2) is 7.15. The second-order valence-electron chi connectivity index (χ2n) is 5.89. The van der Waals surface area contributed by atoms with Gasteiger partial charge >= 0.3 is 6.18 Å². The highest BCUT2D eigenvalue weighted by Crippen LogP contribution is 2.32. The number of hydrogen-bond acceptors (Lipinski definition) is 1. The SMILES string of the molecule is O=C(Cc1cccc2ccccc12)NCc1ccc(F)cc1C(F)(F)F. The molecule has 0 saturated heterocycles. The first-order valence-corrected chi connectivity index (χ1v) is 7.93. The minimum absolute atomic E-state index is 0.0455. The van der Waals surface area contributed by atoms with Gasteiger partial charge in [0.05, 0.1) is 12.0 Å². The lowest BCUT2D eigenvalue weighted by atomic mass is 10.0. The van der Waals surface area contributed by atoms with Gasteiger partial charge < -0.3 is 5.32 Å². The van der Waals surface area contributed by atoms with Gasteiger partial charge in [0.1, 0.15) is 5.82 Å². The molecular formula is C20H15F4NO. The number of carbonyl (C=O) groups excluding carboxylic acids is 1. The fourth-order valence-electron chi connectivity index (χ4n) is 2.84. The van der Waals surface area contributed by atoms with Gasteiger partial charge in [0.25, 0.3) is 0 Å². The second-order valence-corrected chi connectivity index (χ2v) is 5.89. The van der Waals surface area contributed by atoms with Crippen molar-refractivity contribution in [1.82, 2.24) is 5.32 Å². The third-order valence-electron chi connectivity index (χ3n) is 4.08. The van der Waals surface area contributed by atoms with Crippen LogP contribution in [0.3, 0.4) is 0 Å². The van der Waals surface area contributed by atoms with E-state index in [0.717, 1.165) is 28.5 Å². The topological polar surface area (TPSA) is 29.1 Å². The largest absolute Gasteiger partial charge is 0.416 e. The van der Waals surface area contributed by atoms with Crippen molar-refractivity contribution in [2.45, 2.75) is 19.1 Å². The Morgan fingerprint density at radius 3 is 2.42 bits per heavy atom. The van der Waals surface area contributed by atoms with Crippen LogP contribution >= 0.6 is 0 Å². The Morgan fingerprint density at radius 1 is 0.923 bits per heavy atom. The maximum Gasteiger partial charge on any atom is 0.416 e. The molecule has 0 bridgehead atoms. The number of carbonyl (C=O) groups is 1. The number of rotatable bonds is 4. The summed E-state index contributed by atoms with van der Waals surface area (Å²) in [7, 11) is 0. The molecule has 3 aromatic carbocycles.